The van der Waals surface area contributed by atoms with E-state index < -0.39 is 17.2 Å². The second kappa shape index (κ2) is 11.4. The molecule has 0 unspecified atom stereocenters. The van der Waals surface area contributed by atoms with E-state index in [1.54, 1.807) is 44.6 Å². The summed E-state index contributed by atoms with van der Waals surface area (Å²) in [5.74, 6) is -2.14. The number of unbranched alkanes of at least 4 members (excludes halogenated alkanes) is 1. The summed E-state index contributed by atoms with van der Waals surface area (Å²) in [6.45, 7) is 4.47. The maximum atomic E-state index is 15.3. The summed E-state index contributed by atoms with van der Waals surface area (Å²) >= 11 is 0. The average Bonchev–Trinajstić information content (AvgIpc) is 3.79. The SMILES string of the molecule is CCCCNC(=O)C[n+]1ccc(C(=O)N2CCN(c3cc4c(cc3F)c(=O)c(C(=O)O)cn4C3CC3)CC2)cc1. The van der Waals surface area contributed by atoms with Crippen LogP contribution in [0.4, 0.5) is 10.1 Å². The normalized spacial score (nSPS) is 15.3. The van der Waals surface area contributed by atoms with Crippen molar-refractivity contribution < 1.29 is 28.4 Å². The quantitative estimate of drug-likeness (QED) is 0.312. The van der Waals surface area contributed by atoms with E-state index in [4.69, 9.17) is 0 Å². The number of carbonyl (C=O) groups excluding carboxylic acids is 2. The summed E-state index contributed by atoms with van der Waals surface area (Å²) in [7, 11) is 0. The maximum Gasteiger partial charge on any atom is 0.341 e. The zero-order valence-corrected chi connectivity index (χ0v) is 22.4. The molecule has 2 fully saturated rings. The molecule has 0 atom stereocenters. The molecule has 2 aliphatic rings. The third kappa shape index (κ3) is 5.68. The summed E-state index contributed by atoms with van der Waals surface area (Å²) in [6.07, 6.45) is 8.47. The number of aromatic carboxylic acids is 1. The van der Waals surface area contributed by atoms with E-state index in [0.29, 0.717) is 49.5 Å². The van der Waals surface area contributed by atoms with Gasteiger partial charge in [-0.25, -0.2) is 9.18 Å². The van der Waals surface area contributed by atoms with E-state index in [9.17, 15) is 24.3 Å². The van der Waals surface area contributed by atoms with Gasteiger partial charge < -0.3 is 24.8 Å². The maximum absolute atomic E-state index is 15.3. The van der Waals surface area contributed by atoms with Crippen molar-refractivity contribution in [3.05, 3.63) is 70.0 Å². The van der Waals surface area contributed by atoms with Crippen molar-refractivity contribution in [3.8, 4) is 0 Å². The number of rotatable bonds is 9. The van der Waals surface area contributed by atoms with Gasteiger partial charge in [-0.05, 0) is 31.4 Å². The van der Waals surface area contributed by atoms with E-state index in [1.807, 2.05) is 4.90 Å². The molecule has 1 saturated carbocycles. The minimum atomic E-state index is -1.33. The lowest BCUT2D eigenvalue weighted by Crippen LogP contribution is -2.49. The van der Waals surface area contributed by atoms with Crippen LogP contribution < -0.4 is 20.2 Å². The molecule has 2 amide bonds. The molecule has 11 heteroatoms. The fourth-order valence-corrected chi connectivity index (χ4v) is 5.07. The molecule has 1 saturated heterocycles. The fourth-order valence-electron chi connectivity index (χ4n) is 5.07. The molecule has 3 heterocycles. The molecule has 0 radical (unpaired) electrons. The highest BCUT2D eigenvalue weighted by atomic mass is 19.1. The standard InChI is InChI=1S/C29H32FN5O5/c1-2-3-8-31-26(36)18-32-9-6-19(7-10-32)28(38)34-13-11-33(12-14-34)25-16-24-21(15-23(25)30)27(37)22(29(39)40)17-35(24)20-4-5-20/h6-7,9-10,15-17,20H,2-5,8,11-14,18H2,1H3,(H-,31,36,39,40)/p+1. The van der Waals surface area contributed by atoms with Gasteiger partial charge in [0.1, 0.15) is 11.4 Å². The summed E-state index contributed by atoms with van der Waals surface area (Å²) < 4.78 is 18.8. The predicted octanol–water partition coefficient (Wildman–Crippen LogP) is 2.34. The van der Waals surface area contributed by atoms with Gasteiger partial charge in [0.25, 0.3) is 11.8 Å². The van der Waals surface area contributed by atoms with Gasteiger partial charge in [-0.1, -0.05) is 13.3 Å². The number of piperazine rings is 1. The van der Waals surface area contributed by atoms with Crippen molar-refractivity contribution in [1.29, 1.82) is 0 Å². The number of carbonyl (C=O) groups is 3. The largest absolute Gasteiger partial charge is 0.477 e. The summed E-state index contributed by atoms with van der Waals surface area (Å²) in [5.41, 5.74) is 0.302. The number of nitrogens with one attached hydrogen (secondary N) is 1. The van der Waals surface area contributed by atoms with Crippen LogP contribution in [0.15, 0.2) is 47.7 Å². The van der Waals surface area contributed by atoms with Gasteiger partial charge in [0, 0.05) is 62.5 Å². The Hall–Kier alpha value is -4.28. The van der Waals surface area contributed by atoms with E-state index >= 15 is 4.39 Å². The van der Waals surface area contributed by atoms with Crippen LogP contribution in [0, 0.1) is 5.82 Å². The molecular formula is C29H33FN5O5+. The topological polar surface area (TPSA) is 116 Å². The molecule has 5 rings (SSSR count). The fraction of sp³-hybridized carbons (Fsp3) is 0.414. The number of nitrogens with zero attached hydrogens (tertiary/aromatic N) is 4. The molecule has 0 bridgehead atoms. The van der Waals surface area contributed by atoms with Crippen molar-refractivity contribution in [1.82, 2.24) is 14.8 Å². The van der Waals surface area contributed by atoms with E-state index in [0.717, 1.165) is 31.7 Å². The Bertz CT molecular complexity index is 1510. The van der Waals surface area contributed by atoms with E-state index in [-0.39, 0.29) is 35.4 Å². The Labute approximate surface area is 230 Å². The minimum Gasteiger partial charge on any atom is -0.477 e. The highest BCUT2D eigenvalue weighted by Gasteiger charge is 2.29. The monoisotopic (exact) mass is 550 g/mol. The van der Waals surface area contributed by atoms with Crippen molar-refractivity contribution in [3.63, 3.8) is 0 Å². The molecule has 3 aromatic rings. The Kier molecular flexibility index (Phi) is 7.81. The molecule has 1 aromatic carbocycles. The van der Waals surface area contributed by atoms with Gasteiger partial charge in [0.15, 0.2) is 12.4 Å². The number of hydrogen-bond acceptors (Lipinski definition) is 5. The molecular weight excluding hydrogens is 517 g/mol. The molecule has 210 valence electrons. The van der Waals surface area contributed by atoms with Crippen LogP contribution in [0.25, 0.3) is 10.9 Å². The van der Waals surface area contributed by atoms with Gasteiger partial charge in [0.05, 0.1) is 16.8 Å². The van der Waals surface area contributed by atoms with Gasteiger partial charge in [-0.3, -0.25) is 14.4 Å². The summed E-state index contributed by atoms with van der Waals surface area (Å²) in [4.78, 5) is 53.0. The van der Waals surface area contributed by atoms with Crippen molar-refractivity contribution in [2.75, 3.05) is 37.6 Å². The van der Waals surface area contributed by atoms with Crippen LogP contribution in [0.2, 0.25) is 0 Å². The number of hydrogen-bond donors (Lipinski definition) is 2. The van der Waals surface area contributed by atoms with Crippen LogP contribution in [0.1, 0.15) is 59.4 Å². The Balaban J connectivity index is 1.27. The van der Waals surface area contributed by atoms with Gasteiger partial charge in [-0.2, -0.15) is 4.57 Å². The Morgan fingerprint density at radius 2 is 1.80 bits per heavy atom. The van der Waals surface area contributed by atoms with E-state index in [2.05, 4.69) is 12.2 Å². The Morgan fingerprint density at radius 3 is 2.42 bits per heavy atom. The van der Waals surface area contributed by atoms with Crippen LogP contribution >= 0.6 is 0 Å². The molecule has 1 aliphatic heterocycles. The first kappa shape index (κ1) is 27.3. The molecule has 40 heavy (non-hydrogen) atoms. The number of benzene rings is 1. The molecule has 0 spiro atoms. The van der Waals surface area contributed by atoms with E-state index in [1.165, 1.54) is 6.20 Å². The predicted molar refractivity (Wildman–Crippen MR) is 146 cm³/mol. The highest BCUT2D eigenvalue weighted by Crippen LogP contribution is 2.38. The minimum absolute atomic E-state index is 0.0571. The number of fused-ring (bicyclic) bond motifs is 1. The van der Waals surface area contributed by atoms with Gasteiger partial charge >= 0.3 is 5.97 Å². The number of pyridine rings is 2. The number of halogens is 1. The zero-order chi connectivity index (χ0) is 28.4. The second-order valence-electron chi connectivity index (χ2n) is 10.4. The van der Waals surface area contributed by atoms with Crippen LogP contribution in [0.5, 0.6) is 0 Å². The van der Waals surface area contributed by atoms with Gasteiger partial charge in [-0.15, -0.1) is 0 Å². The second-order valence-corrected chi connectivity index (χ2v) is 10.4. The third-order valence-corrected chi connectivity index (χ3v) is 7.50. The number of anilines is 1. The highest BCUT2D eigenvalue weighted by molar-refractivity contribution is 5.95. The lowest BCUT2D eigenvalue weighted by atomic mass is 10.1. The first-order valence-corrected chi connectivity index (χ1v) is 13.7. The van der Waals surface area contributed by atoms with Gasteiger partial charge in [0.2, 0.25) is 12.0 Å². The van der Waals surface area contributed by atoms with Crippen molar-refractivity contribution in [2.45, 2.75) is 45.2 Å². The summed E-state index contributed by atoms with van der Waals surface area (Å²) in [6, 6.07) is 6.24. The average molecular weight is 551 g/mol. The Morgan fingerprint density at radius 1 is 1.10 bits per heavy atom. The molecule has 2 N–H and O–H groups in total. The van der Waals surface area contributed by atoms with Crippen molar-refractivity contribution >= 4 is 34.4 Å². The first-order valence-electron chi connectivity index (χ1n) is 13.7. The zero-order valence-electron chi connectivity index (χ0n) is 22.4. The van der Waals surface area contributed by atoms with Crippen LogP contribution in [0.3, 0.4) is 0 Å². The molecule has 2 aromatic heterocycles. The summed E-state index contributed by atoms with van der Waals surface area (Å²) in [5, 5.41) is 12.4. The van der Waals surface area contributed by atoms with Crippen LogP contribution in [-0.4, -0.2) is 65.1 Å². The lowest BCUT2D eigenvalue weighted by Gasteiger charge is -2.36. The number of amides is 2. The first-order chi connectivity index (χ1) is 19.3. The van der Waals surface area contributed by atoms with Crippen molar-refractivity contribution in [2.24, 2.45) is 0 Å². The number of carboxylic acid groups (broad SMARTS) is 1. The molecule has 1 aliphatic carbocycles. The number of aromatic nitrogens is 2. The molecule has 10 nitrogen and oxygen atoms in total. The van der Waals surface area contributed by atoms with Crippen LogP contribution in [-0.2, 0) is 11.3 Å². The lowest BCUT2D eigenvalue weighted by molar-refractivity contribution is -0.684. The number of carboxylic acids is 1. The smallest absolute Gasteiger partial charge is 0.341 e. The third-order valence-electron chi connectivity index (χ3n) is 7.50.